The molecule has 12 heteroatoms. The van der Waals surface area contributed by atoms with Crippen LogP contribution in [0.15, 0.2) is 29.8 Å². The molecule has 1 unspecified atom stereocenters. The molecule has 1 aliphatic heterocycles. The minimum Gasteiger partial charge on any atom is -0.390 e. The Bertz CT molecular complexity index is 1150. The summed E-state index contributed by atoms with van der Waals surface area (Å²) >= 11 is 1.48. The van der Waals surface area contributed by atoms with E-state index < -0.39 is 22.2 Å². The third-order valence-corrected chi connectivity index (χ3v) is 9.62. The van der Waals surface area contributed by atoms with Gasteiger partial charge in [0.2, 0.25) is 10.0 Å². The highest BCUT2D eigenvalue weighted by Crippen LogP contribution is 2.28. The third-order valence-electron chi connectivity index (χ3n) is 6.95. The van der Waals surface area contributed by atoms with Gasteiger partial charge in [-0.3, -0.25) is 9.10 Å². The van der Waals surface area contributed by atoms with E-state index in [1.54, 1.807) is 24.4 Å². The number of aliphatic hydroxyl groups excluding tert-OH is 1. The van der Waals surface area contributed by atoms with Crippen LogP contribution in [-0.4, -0.2) is 68.0 Å². The van der Waals surface area contributed by atoms with Crippen molar-refractivity contribution in [1.29, 1.82) is 0 Å². The van der Waals surface area contributed by atoms with E-state index in [-0.39, 0.29) is 30.1 Å². The number of carbonyl (C=O) groups is 1. The first-order valence-electron chi connectivity index (χ1n) is 14.1. The van der Waals surface area contributed by atoms with Gasteiger partial charge >= 0.3 is 0 Å². The van der Waals surface area contributed by atoms with Crippen LogP contribution >= 0.6 is 23.7 Å². The molecule has 3 atom stereocenters. The number of hydrogen-bond acceptors (Lipinski definition) is 8. The van der Waals surface area contributed by atoms with Crippen LogP contribution in [-0.2, 0) is 16.4 Å². The minimum absolute atomic E-state index is 0. The fourth-order valence-corrected chi connectivity index (χ4v) is 7.05. The van der Waals surface area contributed by atoms with Crippen molar-refractivity contribution in [3.05, 3.63) is 40.3 Å². The van der Waals surface area contributed by atoms with Crippen LogP contribution in [0, 0.1) is 5.92 Å². The lowest BCUT2D eigenvalue weighted by atomic mass is 10.0. The zero-order valence-corrected chi connectivity index (χ0v) is 26.5. The fourth-order valence-electron chi connectivity index (χ4n) is 4.75. The van der Waals surface area contributed by atoms with Crippen molar-refractivity contribution in [3.63, 3.8) is 0 Å². The fraction of sp³-hybridized carbons (Fsp3) is 0.643. The zero-order chi connectivity index (χ0) is 28.4. The summed E-state index contributed by atoms with van der Waals surface area (Å²) in [5.74, 6) is 0.406. The summed E-state index contributed by atoms with van der Waals surface area (Å²) in [7, 11) is -3.43. The van der Waals surface area contributed by atoms with Crippen LogP contribution in [0.4, 0.5) is 11.4 Å². The van der Waals surface area contributed by atoms with Crippen molar-refractivity contribution in [2.24, 2.45) is 5.92 Å². The number of aliphatic hydroxyl groups is 1. The molecule has 0 bridgehead atoms. The number of anilines is 2. The maximum absolute atomic E-state index is 13.5. The lowest BCUT2D eigenvalue weighted by molar-refractivity contribution is 0.0825. The van der Waals surface area contributed by atoms with Gasteiger partial charge < -0.3 is 21.1 Å². The van der Waals surface area contributed by atoms with Gasteiger partial charge in [-0.2, -0.15) is 0 Å². The van der Waals surface area contributed by atoms with Crippen molar-refractivity contribution in [2.75, 3.05) is 35.0 Å². The first-order chi connectivity index (χ1) is 18.6. The Balaban J connectivity index is 0.00000560. The highest BCUT2D eigenvalue weighted by molar-refractivity contribution is 7.92. The normalized spacial score (nSPS) is 17.1. The Hall–Kier alpha value is -1.92. The Morgan fingerprint density at radius 3 is 2.60 bits per heavy atom. The average Bonchev–Trinajstić information content (AvgIpc) is 3.39. The number of aromatic nitrogens is 1. The minimum atomic E-state index is -3.43. The number of sulfonamides is 1. The number of amides is 1. The van der Waals surface area contributed by atoms with E-state index in [2.05, 4.69) is 41.7 Å². The second-order valence-corrected chi connectivity index (χ2v) is 13.8. The number of hydrogen-bond donors (Lipinski definition) is 4. The lowest BCUT2D eigenvalue weighted by Gasteiger charge is -2.29. The average molecular weight is 616 g/mol. The van der Waals surface area contributed by atoms with Gasteiger partial charge in [0.1, 0.15) is 0 Å². The molecule has 0 saturated carbocycles. The van der Waals surface area contributed by atoms with Crippen LogP contribution < -0.4 is 20.3 Å². The first kappa shape index (κ1) is 34.3. The van der Waals surface area contributed by atoms with Gasteiger partial charge in [0.25, 0.3) is 5.91 Å². The monoisotopic (exact) mass is 615 g/mol. The highest BCUT2D eigenvalue weighted by Gasteiger charge is 2.28. The quantitative estimate of drug-likeness (QED) is 0.234. The van der Waals surface area contributed by atoms with Gasteiger partial charge in [0, 0.05) is 54.9 Å². The summed E-state index contributed by atoms with van der Waals surface area (Å²) in [6.45, 7) is 9.86. The second-order valence-electron chi connectivity index (χ2n) is 10.8. The topological polar surface area (TPSA) is 124 Å². The summed E-state index contributed by atoms with van der Waals surface area (Å²) in [5, 5.41) is 23.5. The zero-order valence-electron chi connectivity index (χ0n) is 24.1. The highest BCUT2D eigenvalue weighted by atomic mass is 35.5. The standard InChI is InChI=1S/C28H45N5O4S2.ClH/c1-5-29-23-15-22(16-24(17-23)33-12-6-7-14-39(33,36)37)28(35)32-25(18-27-30-11-13-38-27)26(34)19-31-21(4)10-8-9-20(2)3;/h11,13,15-17,20-21,25-26,29,31,34H,5-10,12,14,18-19H2,1-4H3,(H,32,35);1H/t21?,25-,26+;/m0./s1. The number of rotatable bonds is 15. The summed E-state index contributed by atoms with van der Waals surface area (Å²) in [6.07, 6.45) is 6.01. The van der Waals surface area contributed by atoms with E-state index in [4.69, 9.17) is 0 Å². The van der Waals surface area contributed by atoms with Crippen LogP contribution in [0.5, 0.6) is 0 Å². The largest absolute Gasteiger partial charge is 0.390 e. The number of nitrogens with zero attached hydrogens (tertiary/aromatic N) is 2. The number of carbonyl (C=O) groups excluding carboxylic acids is 1. The molecule has 1 aromatic carbocycles. The van der Waals surface area contributed by atoms with E-state index in [0.717, 1.165) is 24.3 Å². The number of halogens is 1. The second kappa shape index (κ2) is 16.5. The molecule has 1 aliphatic rings. The Labute approximate surface area is 250 Å². The Morgan fingerprint density at radius 1 is 1.18 bits per heavy atom. The van der Waals surface area contributed by atoms with Gasteiger partial charge in [0.05, 0.1) is 28.6 Å². The molecule has 0 aliphatic carbocycles. The van der Waals surface area contributed by atoms with Crippen LogP contribution in [0.3, 0.4) is 0 Å². The van der Waals surface area contributed by atoms with Gasteiger partial charge in [-0.25, -0.2) is 13.4 Å². The van der Waals surface area contributed by atoms with E-state index >= 15 is 0 Å². The Kier molecular flexibility index (Phi) is 14.1. The molecule has 3 rings (SSSR count). The first-order valence-corrected chi connectivity index (χ1v) is 16.6. The maximum Gasteiger partial charge on any atom is 0.251 e. The summed E-state index contributed by atoms with van der Waals surface area (Å²) in [6, 6.07) is 4.81. The van der Waals surface area contributed by atoms with Crippen LogP contribution in [0.25, 0.3) is 0 Å². The van der Waals surface area contributed by atoms with Crippen molar-refractivity contribution in [1.82, 2.24) is 15.6 Å². The summed E-state index contributed by atoms with van der Waals surface area (Å²) in [5.41, 5.74) is 1.50. The molecule has 1 fully saturated rings. The predicted octanol–water partition coefficient (Wildman–Crippen LogP) is 4.43. The number of thiazole rings is 1. The molecule has 2 aromatic rings. The number of benzene rings is 1. The summed E-state index contributed by atoms with van der Waals surface area (Å²) in [4.78, 5) is 17.9. The van der Waals surface area contributed by atoms with Crippen molar-refractivity contribution >= 4 is 51.0 Å². The number of nitrogens with one attached hydrogen (secondary N) is 3. The molecule has 226 valence electrons. The van der Waals surface area contributed by atoms with Crippen molar-refractivity contribution < 1.29 is 18.3 Å². The van der Waals surface area contributed by atoms with Crippen molar-refractivity contribution in [3.8, 4) is 0 Å². The molecule has 0 radical (unpaired) electrons. The third kappa shape index (κ3) is 10.5. The smallest absolute Gasteiger partial charge is 0.251 e. The van der Waals surface area contributed by atoms with Crippen LogP contribution in [0.2, 0.25) is 0 Å². The van der Waals surface area contributed by atoms with Gasteiger partial charge in [0.15, 0.2) is 0 Å². The van der Waals surface area contributed by atoms with Crippen LogP contribution in [0.1, 0.15) is 75.2 Å². The molecule has 0 spiro atoms. The molecule has 1 aromatic heterocycles. The molecule has 2 heterocycles. The molecule has 1 saturated heterocycles. The van der Waals surface area contributed by atoms with E-state index in [1.165, 1.54) is 22.1 Å². The molecule has 9 nitrogen and oxygen atoms in total. The Morgan fingerprint density at radius 2 is 1.95 bits per heavy atom. The SMILES string of the molecule is CCNc1cc(C(=O)N[C@@H](Cc2nccs2)[C@H](O)CNC(C)CCCC(C)C)cc(N2CCCCS2(=O)=O)c1.Cl. The van der Waals surface area contributed by atoms with Crippen molar-refractivity contribution in [2.45, 2.75) is 84.4 Å². The molecular formula is C28H46ClN5O4S2. The van der Waals surface area contributed by atoms with Gasteiger partial charge in [-0.1, -0.05) is 26.7 Å². The lowest BCUT2D eigenvalue weighted by Crippen LogP contribution is -2.49. The summed E-state index contributed by atoms with van der Waals surface area (Å²) < 4.78 is 26.9. The van der Waals surface area contributed by atoms with E-state index in [0.29, 0.717) is 55.3 Å². The van der Waals surface area contributed by atoms with E-state index in [1.807, 2.05) is 12.3 Å². The molecule has 4 N–H and O–H groups in total. The molecule has 40 heavy (non-hydrogen) atoms. The maximum atomic E-state index is 13.5. The molecule has 1 amide bonds. The van der Waals surface area contributed by atoms with E-state index in [9.17, 15) is 18.3 Å². The molecular weight excluding hydrogens is 570 g/mol. The van der Waals surface area contributed by atoms with Gasteiger partial charge in [-0.05, 0) is 57.2 Å². The van der Waals surface area contributed by atoms with Gasteiger partial charge in [-0.15, -0.1) is 23.7 Å². The predicted molar refractivity (Wildman–Crippen MR) is 167 cm³/mol.